The number of nitrogens with one attached hydrogen (secondary N) is 1. The molecular weight excluding hydrogens is 382 g/mol. The number of ether oxygens (including phenoxy) is 3. The van der Waals surface area contributed by atoms with Crippen LogP contribution in [0.5, 0.6) is 5.75 Å². The fourth-order valence-electron chi connectivity index (χ4n) is 2.59. The van der Waals surface area contributed by atoms with Crippen molar-refractivity contribution in [3.63, 3.8) is 0 Å². The Kier molecular flexibility index (Phi) is 7.13. The Morgan fingerprint density at radius 1 is 1.21 bits per heavy atom. The second-order valence-corrected chi connectivity index (χ2v) is 7.74. The molecule has 1 amide bonds. The van der Waals surface area contributed by atoms with Gasteiger partial charge in [0.15, 0.2) is 0 Å². The minimum Gasteiger partial charge on any atom is -0.488 e. The average molecular weight is 408 g/mol. The zero-order valence-electron chi connectivity index (χ0n) is 16.8. The van der Waals surface area contributed by atoms with Crippen molar-refractivity contribution in [3.05, 3.63) is 40.9 Å². The fraction of sp³-hybridized carbons (Fsp3) is 0.429. The molecule has 2 aromatic carbocycles. The van der Waals surface area contributed by atoms with Gasteiger partial charge in [0.2, 0.25) is 0 Å². The molecule has 0 aliphatic carbocycles. The number of carbonyl (C=O) groups is 2. The number of rotatable bonds is 6. The summed E-state index contributed by atoms with van der Waals surface area (Å²) in [6, 6.07) is 8.88. The van der Waals surface area contributed by atoms with Crippen LogP contribution in [0.15, 0.2) is 30.3 Å². The first kappa shape index (κ1) is 21.8. The van der Waals surface area contributed by atoms with Gasteiger partial charge in [-0.3, -0.25) is 0 Å². The van der Waals surface area contributed by atoms with Crippen molar-refractivity contribution in [2.45, 2.75) is 45.8 Å². The third-order valence-corrected chi connectivity index (χ3v) is 4.28. The molecule has 0 aliphatic heterocycles. The van der Waals surface area contributed by atoms with Crippen LogP contribution < -0.4 is 10.1 Å². The Morgan fingerprint density at radius 3 is 2.54 bits per heavy atom. The summed E-state index contributed by atoms with van der Waals surface area (Å²) < 4.78 is 16.2. The Labute approximate surface area is 170 Å². The molecule has 0 heterocycles. The predicted molar refractivity (Wildman–Crippen MR) is 109 cm³/mol. The number of fused-ring (bicyclic) bond motifs is 1. The van der Waals surface area contributed by atoms with Crippen LogP contribution in [0, 0.1) is 0 Å². The van der Waals surface area contributed by atoms with Crippen molar-refractivity contribution in [3.8, 4) is 5.75 Å². The lowest BCUT2D eigenvalue weighted by Crippen LogP contribution is -2.38. The molecule has 0 saturated carbocycles. The maximum Gasteiger partial charge on any atom is 0.407 e. The number of amides is 1. The molecule has 0 bridgehead atoms. The summed E-state index contributed by atoms with van der Waals surface area (Å²) >= 11 is 6.25. The van der Waals surface area contributed by atoms with Gasteiger partial charge in [-0.05, 0) is 50.8 Å². The van der Waals surface area contributed by atoms with E-state index in [1.165, 1.54) is 7.11 Å². The average Bonchev–Trinajstić information content (AvgIpc) is 2.62. The third kappa shape index (κ3) is 5.76. The minimum absolute atomic E-state index is 0.236. The van der Waals surface area contributed by atoms with Crippen LogP contribution in [-0.4, -0.2) is 37.4 Å². The number of esters is 1. The van der Waals surface area contributed by atoms with Gasteiger partial charge in [-0.1, -0.05) is 30.7 Å². The molecule has 0 unspecified atom stereocenters. The monoisotopic (exact) mass is 407 g/mol. The minimum atomic E-state index is -0.581. The molecule has 1 N–H and O–H groups in total. The summed E-state index contributed by atoms with van der Waals surface area (Å²) in [6.45, 7) is 7.55. The molecule has 0 radical (unpaired) electrons. The number of hydrogen-bond acceptors (Lipinski definition) is 5. The molecule has 2 rings (SSSR count). The van der Waals surface area contributed by atoms with E-state index in [1.54, 1.807) is 39.0 Å². The van der Waals surface area contributed by atoms with Crippen LogP contribution in [0.3, 0.4) is 0 Å². The van der Waals surface area contributed by atoms with E-state index < -0.39 is 17.7 Å². The Balaban J connectivity index is 2.24. The maximum atomic E-state index is 12.2. The second-order valence-electron chi connectivity index (χ2n) is 7.33. The summed E-state index contributed by atoms with van der Waals surface area (Å²) in [4.78, 5) is 24.1. The SMILES string of the molecule is CC[C@H](CNC(=O)OC(C)(C)C)Oc1cc2cccc(Cl)c2cc1C(=O)OC. The third-order valence-electron chi connectivity index (χ3n) is 3.95. The van der Waals surface area contributed by atoms with Gasteiger partial charge in [0.1, 0.15) is 23.0 Å². The first-order valence-electron chi connectivity index (χ1n) is 9.08. The van der Waals surface area contributed by atoms with Crippen molar-refractivity contribution >= 4 is 34.4 Å². The summed E-state index contributed by atoms with van der Waals surface area (Å²) in [5.41, 5.74) is -0.304. The molecule has 28 heavy (non-hydrogen) atoms. The Hall–Kier alpha value is -2.47. The normalized spacial score (nSPS) is 12.4. The standard InChI is InChI=1S/C21H26ClNO5/c1-6-14(12-23-20(25)28-21(2,3)4)27-18-10-13-8-7-9-17(22)15(13)11-16(18)19(24)26-5/h7-11,14H,6,12H2,1-5H3,(H,23,25)/t14-/m1/s1. The number of benzene rings is 2. The van der Waals surface area contributed by atoms with Crippen LogP contribution in [0.4, 0.5) is 4.79 Å². The van der Waals surface area contributed by atoms with Gasteiger partial charge < -0.3 is 19.5 Å². The maximum absolute atomic E-state index is 12.2. The van der Waals surface area contributed by atoms with Crippen molar-refractivity contribution in [2.24, 2.45) is 0 Å². The molecule has 2 aromatic rings. The van der Waals surface area contributed by atoms with Gasteiger partial charge >= 0.3 is 12.1 Å². The molecule has 152 valence electrons. The summed E-state index contributed by atoms with van der Waals surface area (Å²) in [5.74, 6) is -0.147. The van der Waals surface area contributed by atoms with E-state index in [9.17, 15) is 9.59 Å². The highest BCUT2D eigenvalue weighted by molar-refractivity contribution is 6.35. The molecular formula is C21H26ClNO5. The van der Waals surface area contributed by atoms with E-state index in [4.69, 9.17) is 25.8 Å². The van der Waals surface area contributed by atoms with Crippen molar-refractivity contribution in [2.75, 3.05) is 13.7 Å². The lowest BCUT2D eigenvalue weighted by Gasteiger charge is -2.23. The van der Waals surface area contributed by atoms with E-state index >= 15 is 0 Å². The number of hydrogen-bond donors (Lipinski definition) is 1. The first-order valence-corrected chi connectivity index (χ1v) is 9.46. The zero-order chi connectivity index (χ0) is 20.9. The van der Waals surface area contributed by atoms with Crippen LogP contribution in [0.2, 0.25) is 5.02 Å². The van der Waals surface area contributed by atoms with E-state index in [2.05, 4.69) is 5.32 Å². The molecule has 0 aromatic heterocycles. The van der Waals surface area contributed by atoms with Gasteiger partial charge in [-0.25, -0.2) is 9.59 Å². The largest absolute Gasteiger partial charge is 0.488 e. The van der Waals surface area contributed by atoms with Gasteiger partial charge in [0, 0.05) is 10.4 Å². The summed E-state index contributed by atoms with van der Waals surface area (Å²) in [7, 11) is 1.31. The van der Waals surface area contributed by atoms with Crippen molar-refractivity contribution in [1.82, 2.24) is 5.32 Å². The molecule has 1 atom stereocenters. The highest BCUT2D eigenvalue weighted by atomic mass is 35.5. The smallest absolute Gasteiger partial charge is 0.407 e. The number of carbonyl (C=O) groups excluding carboxylic acids is 2. The van der Waals surface area contributed by atoms with Crippen LogP contribution in [0.1, 0.15) is 44.5 Å². The number of methoxy groups -OCH3 is 1. The molecule has 6 nitrogen and oxygen atoms in total. The molecule has 7 heteroatoms. The highest BCUT2D eigenvalue weighted by Gasteiger charge is 2.21. The van der Waals surface area contributed by atoms with Crippen molar-refractivity contribution in [1.29, 1.82) is 0 Å². The Morgan fingerprint density at radius 2 is 1.93 bits per heavy atom. The quantitative estimate of drug-likeness (QED) is 0.685. The number of alkyl carbamates (subject to hydrolysis) is 1. The molecule has 0 saturated heterocycles. The van der Waals surface area contributed by atoms with Crippen LogP contribution in [0.25, 0.3) is 10.8 Å². The van der Waals surface area contributed by atoms with E-state index in [1.807, 2.05) is 19.1 Å². The van der Waals surface area contributed by atoms with E-state index in [-0.39, 0.29) is 18.2 Å². The first-order chi connectivity index (χ1) is 13.1. The highest BCUT2D eigenvalue weighted by Crippen LogP contribution is 2.31. The van der Waals surface area contributed by atoms with Gasteiger partial charge in [-0.15, -0.1) is 0 Å². The Bertz CT molecular complexity index is 860. The number of halogens is 1. The molecule has 0 spiro atoms. The van der Waals surface area contributed by atoms with Crippen LogP contribution in [-0.2, 0) is 9.47 Å². The predicted octanol–water partition coefficient (Wildman–Crippen LogP) is 4.96. The van der Waals surface area contributed by atoms with E-state index in [0.29, 0.717) is 17.2 Å². The van der Waals surface area contributed by atoms with Crippen molar-refractivity contribution < 1.29 is 23.8 Å². The van der Waals surface area contributed by atoms with Crippen LogP contribution >= 0.6 is 11.6 Å². The second kappa shape index (κ2) is 9.15. The fourth-order valence-corrected chi connectivity index (χ4v) is 2.83. The van der Waals surface area contributed by atoms with E-state index in [0.717, 1.165) is 10.8 Å². The molecule has 0 fully saturated rings. The lowest BCUT2D eigenvalue weighted by molar-refractivity contribution is 0.0493. The zero-order valence-corrected chi connectivity index (χ0v) is 17.6. The summed E-state index contributed by atoms with van der Waals surface area (Å²) in [6.07, 6.45) is -0.259. The topological polar surface area (TPSA) is 73.9 Å². The lowest BCUT2D eigenvalue weighted by atomic mass is 10.1. The van der Waals surface area contributed by atoms with Gasteiger partial charge in [0.05, 0.1) is 13.7 Å². The van der Waals surface area contributed by atoms with Gasteiger partial charge in [-0.2, -0.15) is 0 Å². The molecule has 0 aliphatic rings. The summed E-state index contributed by atoms with van der Waals surface area (Å²) in [5, 5.41) is 4.80. The van der Waals surface area contributed by atoms with Gasteiger partial charge in [0.25, 0.3) is 0 Å².